The van der Waals surface area contributed by atoms with Crippen molar-refractivity contribution >= 4 is 6.09 Å². The molecule has 0 spiro atoms. The number of aliphatic hydroxyl groups is 1. The molecule has 1 rings (SSSR count). The number of rotatable bonds is 3. The van der Waals surface area contributed by atoms with Gasteiger partial charge in [-0.2, -0.15) is 13.2 Å². The van der Waals surface area contributed by atoms with Crippen molar-refractivity contribution in [3.8, 4) is 0 Å². The first-order chi connectivity index (χ1) is 7.71. The van der Waals surface area contributed by atoms with E-state index in [4.69, 9.17) is 9.84 Å². The average Bonchev–Trinajstić information content (AvgIpc) is 2.10. The number of nitrogens with zero attached hydrogens (tertiary/aromatic N) is 1. The Hall–Kier alpha value is -0.980. The van der Waals surface area contributed by atoms with Gasteiger partial charge in [0.1, 0.15) is 0 Å². The van der Waals surface area contributed by atoms with Gasteiger partial charge in [-0.15, -0.1) is 0 Å². The number of aliphatic hydroxyl groups excluding tert-OH is 1. The topological polar surface area (TPSA) is 49.8 Å². The SMILES string of the molecule is CC(C)COC(=O)N1CC(C(O)C(F)(F)F)C1. The van der Waals surface area contributed by atoms with Crippen molar-refractivity contribution in [1.29, 1.82) is 0 Å². The molecular weight excluding hydrogens is 239 g/mol. The van der Waals surface area contributed by atoms with Crippen molar-refractivity contribution in [2.45, 2.75) is 26.1 Å². The summed E-state index contributed by atoms with van der Waals surface area (Å²) < 4.78 is 41.2. The number of amides is 1. The van der Waals surface area contributed by atoms with Crippen LogP contribution < -0.4 is 0 Å². The molecule has 1 N–H and O–H groups in total. The molecule has 1 fully saturated rings. The molecule has 0 aromatic carbocycles. The number of ether oxygens (including phenoxy) is 1. The van der Waals surface area contributed by atoms with E-state index in [1.54, 1.807) is 0 Å². The van der Waals surface area contributed by atoms with Crippen LogP contribution in [0.15, 0.2) is 0 Å². The van der Waals surface area contributed by atoms with Gasteiger partial charge in [-0.05, 0) is 5.92 Å². The van der Waals surface area contributed by atoms with E-state index in [0.717, 1.165) is 4.90 Å². The predicted molar refractivity (Wildman–Crippen MR) is 53.3 cm³/mol. The highest BCUT2D eigenvalue weighted by Gasteiger charge is 2.49. The summed E-state index contributed by atoms with van der Waals surface area (Å²) in [6.45, 7) is 3.73. The van der Waals surface area contributed by atoms with Gasteiger partial charge in [-0.25, -0.2) is 4.79 Å². The Balaban J connectivity index is 2.29. The number of alkyl halides is 3. The smallest absolute Gasteiger partial charge is 0.414 e. The van der Waals surface area contributed by atoms with E-state index in [2.05, 4.69) is 0 Å². The average molecular weight is 255 g/mol. The van der Waals surface area contributed by atoms with Crippen molar-refractivity contribution in [2.24, 2.45) is 11.8 Å². The van der Waals surface area contributed by atoms with Crippen molar-refractivity contribution in [3.05, 3.63) is 0 Å². The van der Waals surface area contributed by atoms with Crippen LogP contribution in [0.3, 0.4) is 0 Å². The molecule has 0 aliphatic carbocycles. The largest absolute Gasteiger partial charge is 0.449 e. The van der Waals surface area contributed by atoms with Gasteiger partial charge in [0.05, 0.1) is 6.61 Å². The molecule has 0 radical (unpaired) electrons. The summed E-state index contributed by atoms with van der Waals surface area (Å²) in [7, 11) is 0. The van der Waals surface area contributed by atoms with Crippen LogP contribution in [0.25, 0.3) is 0 Å². The molecule has 0 aromatic rings. The number of likely N-dealkylation sites (tertiary alicyclic amines) is 1. The molecule has 1 amide bonds. The number of carbonyl (C=O) groups is 1. The van der Waals surface area contributed by atoms with Crippen LogP contribution >= 0.6 is 0 Å². The third-order valence-corrected chi connectivity index (χ3v) is 2.49. The normalized spacial score (nSPS) is 19.1. The minimum Gasteiger partial charge on any atom is -0.449 e. The van der Waals surface area contributed by atoms with Gasteiger partial charge in [0, 0.05) is 19.0 Å². The molecule has 1 atom stereocenters. The molecule has 1 saturated heterocycles. The lowest BCUT2D eigenvalue weighted by molar-refractivity contribution is -0.230. The maximum Gasteiger partial charge on any atom is 0.414 e. The Morgan fingerprint density at radius 3 is 2.41 bits per heavy atom. The highest BCUT2D eigenvalue weighted by atomic mass is 19.4. The van der Waals surface area contributed by atoms with Crippen LogP contribution in [0.2, 0.25) is 0 Å². The lowest BCUT2D eigenvalue weighted by atomic mass is 9.94. The van der Waals surface area contributed by atoms with Crippen molar-refractivity contribution in [1.82, 2.24) is 4.90 Å². The quantitative estimate of drug-likeness (QED) is 0.834. The van der Waals surface area contributed by atoms with Crippen molar-refractivity contribution in [2.75, 3.05) is 19.7 Å². The fourth-order valence-corrected chi connectivity index (χ4v) is 1.46. The molecular formula is C10H16F3NO3. The Morgan fingerprint density at radius 1 is 1.47 bits per heavy atom. The second-order valence-electron chi connectivity index (χ2n) is 4.62. The number of hydrogen-bond donors (Lipinski definition) is 1. The second-order valence-corrected chi connectivity index (χ2v) is 4.62. The summed E-state index contributed by atoms with van der Waals surface area (Å²) in [5.74, 6) is -0.765. The maximum atomic E-state index is 12.1. The number of halogens is 3. The van der Waals surface area contributed by atoms with Crippen LogP contribution in [0.5, 0.6) is 0 Å². The summed E-state index contributed by atoms with van der Waals surface area (Å²) in [5, 5.41) is 8.92. The lowest BCUT2D eigenvalue weighted by Gasteiger charge is -2.41. The van der Waals surface area contributed by atoms with Crippen LogP contribution in [-0.2, 0) is 4.74 Å². The Labute approximate surface area is 97.3 Å². The number of hydrogen-bond acceptors (Lipinski definition) is 3. The Kier molecular flexibility index (Phi) is 4.24. The summed E-state index contributed by atoms with van der Waals surface area (Å²) in [6, 6.07) is 0. The molecule has 4 nitrogen and oxygen atoms in total. The minimum absolute atomic E-state index is 0.113. The first-order valence-corrected chi connectivity index (χ1v) is 5.38. The third-order valence-electron chi connectivity index (χ3n) is 2.49. The standard InChI is InChI=1S/C10H16F3NO3/c1-6(2)5-17-9(16)14-3-7(4-14)8(15)10(11,12)13/h6-8,15H,3-5H2,1-2H3. The van der Waals surface area contributed by atoms with E-state index in [0.29, 0.717) is 0 Å². The molecule has 1 unspecified atom stereocenters. The fraction of sp³-hybridized carbons (Fsp3) is 0.900. The minimum atomic E-state index is -4.63. The first-order valence-electron chi connectivity index (χ1n) is 5.38. The Bertz CT molecular complexity index is 274. The van der Waals surface area contributed by atoms with Crippen LogP contribution in [0.4, 0.5) is 18.0 Å². The van der Waals surface area contributed by atoms with Crippen LogP contribution in [0, 0.1) is 11.8 Å². The van der Waals surface area contributed by atoms with E-state index < -0.39 is 24.3 Å². The zero-order valence-corrected chi connectivity index (χ0v) is 9.70. The van der Waals surface area contributed by atoms with Crippen LogP contribution in [-0.4, -0.2) is 48.1 Å². The highest BCUT2D eigenvalue weighted by molar-refractivity contribution is 5.68. The van der Waals surface area contributed by atoms with Gasteiger partial charge < -0.3 is 14.7 Å². The highest BCUT2D eigenvalue weighted by Crippen LogP contribution is 2.31. The summed E-state index contributed by atoms with van der Waals surface area (Å²) in [5.41, 5.74) is 0. The molecule has 100 valence electrons. The van der Waals surface area contributed by atoms with Gasteiger partial charge in [-0.3, -0.25) is 0 Å². The summed E-state index contributed by atoms with van der Waals surface area (Å²) >= 11 is 0. The van der Waals surface area contributed by atoms with E-state index in [9.17, 15) is 18.0 Å². The Morgan fingerprint density at radius 2 is 2.00 bits per heavy atom. The molecule has 17 heavy (non-hydrogen) atoms. The zero-order chi connectivity index (χ0) is 13.2. The third kappa shape index (κ3) is 3.76. The monoisotopic (exact) mass is 255 g/mol. The predicted octanol–water partition coefficient (Wildman–Crippen LogP) is 1.63. The van der Waals surface area contributed by atoms with Gasteiger partial charge in [0.2, 0.25) is 0 Å². The second kappa shape index (κ2) is 5.12. The van der Waals surface area contributed by atoms with E-state index >= 15 is 0 Å². The maximum absolute atomic E-state index is 12.1. The molecule has 0 saturated carbocycles. The molecule has 1 heterocycles. The molecule has 7 heteroatoms. The fourth-order valence-electron chi connectivity index (χ4n) is 1.46. The first kappa shape index (κ1) is 14.1. The summed E-state index contributed by atoms with van der Waals surface area (Å²) in [6.07, 6.45) is -7.61. The lowest BCUT2D eigenvalue weighted by Crippen LogP contribution is -2.57. The van der Waals surface area contributed by atoms with Gasteiger partial charge in [-0.1, -0.05) is 13.8 Å². The molecule has 1 aliphatic heterocycles. The van der Waals surface area contributed by atoms with Gasteiger partial charge >= 0.3 is 12.3 Å². The van der Waals surface area contributed by atoms with Crippen molar-refractivity contribution in [3.63, 3.8) is 0 Å². The van der Waals surface area contributed by atoms with Gasteiger partial charge in [0.25, 0.3) is 0 Å². The molecule has 0 aromatic heterocycles. The molecule has 0 bridgehead atoms. The van der Waals surface area contributed by atoms with E-state index in [1.807, 2.05) is 13.8 Å². The number of carbonyl (C=O) groups excluding carboxylic acids is 1. The van der Waals surface area contributed by atoms with Crippen molar-refractivity contribution < 1.29 is 27.8 Å². The summed E-state index contributed by atoms with van der Waals surface area (Å²) in [4.78, 5) is 12.4. The van der Waals surface area contributed by atoms with E-state index in [-0.39, 0.29) is 25.6 Å². The van der Waals surface area contributed by atoms with E-state index in [1.165, 1.54) is 0 Å². The van der Waals surface area contributed by atoms with Crippen LogP contribution in [0.1, 0.15) is 13.8 Å². The van der Waals surface area contributed by atoms with Gasteiger partial charge in [0.15, 0.2) is 6.10 Å². The zero-order valence-electron chi connectivity index (χ0n) is 9.70. The molecule has 1 aliphatic rings.